The summed E-state index contributed by atoms with van der Waals surface area (Å²) < 4.78 is 5.40. The van der Waals surface area contributed by atoms with Crippen molar-refractivity contribution >= 4 is 23.2 Å². The Bertz CT molecular complexity index is 739. The number of rotatable bonds is 5. The topological polar surface area (TPSA) is 61.8 Å². The minimum absolute atomic E-state index is 0.0328. The van der Waals surface area contributed by atoms with Gasteiger partial charge in [-0.3, -0.25) is 4.79 Å². The molecule has 2 aromatic carbocycles. The number of benzene rings is 2. The quantitative estimate of drug-likeness (QED) is 0.860. The number of halogens is 1. The second kappa shape index (κ2) is 7.76. The number of ether oxygens (including phenoxy) is 1. The van der Waals surface area contributed by atoms with Crippen molar-refractivity contribution in [1.29, 1.82) is 0 Å². The van der Waals surface area contributed by atoms with Gasteiger partial charge in [0.25, 0.3) is 5.91 Å². The third-order valence-corrected chi connectivity index (χ3v) is 4.61. The monoisotopic (exact) mass is 360 g/mol. The van der Waals surface area contributed by atoms with Crippen LogP contribution in [0.5, 0.6) is 5.75 Å². The molecule has 1 aliphatic rings. The molecule has 0 radical (unpaired) electrons. The Morgan fingerprint density at radius 2 is 2.08 bits per heavy atom. The zero-order valence-corrected chi connectivity index (χ0v) is 14.7. The Labute approximate surface area is 152 Å². The Hall–Kier alpha value is -2.24. The summed E-state index contributed by atoms with van der Waals surface area (Å²) in [5.74, 6) is 0.372. The molecule has 0 aromatic heterocycles. The molecule has 0 bridgehead atoms. The van der Waals surface area contributed by atoms with Crippen LogP contribution in [0.2, 0.25) is 5.02 Å². The van der Waals surface area contributed by atoms with E-state index in [1.807, 2.05) is 18.2 Å². The standard InChI is InChI=1S/C19H21ClN2O3/c1-25-17-8-7-14(20)11-16(17)22-10-9-15(12-22)21-19(24)18(23)13-5-3-2-4-6-13/h2-8,11,15,18,23H,9-10,12H2,1H3,(H,21,24)/t15?,18-/m0/s1. The number of anilines is 1. The van der Waals surface area contributed by atoms with Gasteiger partial charge in [-0.1, -0.05) is 41.9 Å². The first kappa shape index (κ1) is 17.6. The SMILES string of the molecule is COc1ccc(Cl)cc1N1CCC(NC(=O)[C@@H](O)c2ccccc2)C1. The number of nitrogens with one attached hydrogen (secondary N) is 1. The van der Waals surface area contributed by atoms with E-state index in [2.05, 4.69) is 10.2 Å². The van der Waals surface area contributed by atoms with Crippen LogP contribution in [0.1, 0.15) is 18.1 Å². The van der Waals surface area contributed by atoms with Crippen LogP contribution in [0.15, 0.2) is 48.5 Å². The highest BCUT2D eigenvalue weighted by Gasteiger charge is 2.28. The van der Waals surface area contributed by atoms with Crippen LogP contribution in [0, 0.1) is 0 Å². The Kier molecular flexibility index (Phi) is 5.46. The van der Waals surface area contributed by atoms with Gasteiger partial charge in [-0.2, -0.15) is 0 Å². The van der Waals surface area contributed by atoms with E-state index in [1.165, 1.54) is 0 Å². The number of carbonyl (C=O) groups is 1. The predicted molar refractivity (Wildman–Crippen MR) is 98.2 cm³/mol. The van der Waals surface area contributed by atoms with Crippen LogP contribution in [0.3, 0.4) is 0 Å². The van der Waals surface area contributed by atoms with E-state index in [-0.39, 0.29) is 11.9 Å². The van der Waals surface area contributed by atoms with Crippen molar-refractivity contribution < 1.29 is 14.6 Å². The lowest BCUT2D eigenvalue weighted by Gasteiger charge is -2.22. The fourth-order valence-corrected chi connectivity index (χ4v) is 3.24. The maximum absolute atomic E-state index is 12.3. The van der Waals surface area contributed by atoms with Crippen LogP contribution in [-0.4, -0.2) is 37.3 Å². The molecule has 1 heterocycles. The van der Waals surface area contributed by atoms with Crippen LogP contribution >= 0.6 is 11.6 Å². The molecule has 1 amide bonds. The van der Waals surface area contributed by atoms with Crippen LogP contribution in [0.4, 0.5) is 5.69 Å². The zero-order valence-electron chi connectivity index (χ0n) is 14.0. The average Bonchev–Trinajstić information content (AvgIpc) is 3.10. The number of hydrogen-bond acceptors (Lipinski definition) is 4. The van der Waals surface area contributed by atoms with Gasteiger partial charge in [0, 0.05) is 24.2 Å². The minimum Gasteiger partial charge on any atom is -0.495 e. The normalized spacial score (nSPS) is 18.0. The lowest BCUT2D eigenvalue weighted by atomic mass is 10.1. The van der Waals surface area contributed by atoms with Gasteiger partial charge in [0.15, 0.2) is 6.10 Å². The van der Waals surface area contributed by atoms with Gasteiger partial charge >= 0.3 is 0 Å². The van der Waals surface area contributed by atoms with E-state index >= 15 is 0 Å². The van der Waals surface area contributed by atoms with Crippen molar-refractivity contribution in [2.45, 2.75) is 18.6 Å². The second-order valence-electron chi connectivity index (χ2n) is 6.07. The van der Waals surface area contributed by atoms with Gasteiger partial charge in [-0.15, -0.1) is 0 Å². The molecular weight excluding hydrogens is 340 g/mol. The Morgan fingerprint density at radius 1 is 1.32 bits per heavy atom. The number of methoxy groups -OCH3 is 1. The van der Waals surface area contributed by atoms with Crippen molar-refractivity contribution in [3.05, 3.63) is 59.1 Å². The number of aliphatic hydroxyl groups excluding tert-OH is 1. The fourth-order valence-electron chi connectivity index (χ4n) is 3.07. The van der Waals surface area contributed by atoms with Crippen molar-refractivity contribution in [3.63, 3.8) is 0 Å². The van der Waals surface area contributed by atoms with Gasteiger partial charge in [0.2, 0.25) is 0 Å². The highest BCUT2D eigenvalue weighted by atomic mass is 35.5. The average molecular weight is 361 g/mol. The largest absolute Gasteiger partial charge is 0.495 e. The summed E-state index contributed by atoms with van der Waals surface area (Å²) in [5.41, 5.74) is 1.50. The summed E-state index contributed by atoms with van der Waals surface area (Å²) in [4.78, 5) is 14.4. The Balaban J connectivity index is 1.64. The zero-order chi connectivity index (χ0) is 17.8. The van der Waals surface area contributed by atoms with E-state index in [4.69, 9.17) is 16.3 Å². The van der Waals surface area contributed by atoms with Gasteiger partial charge in [-0.05, 0) is 30.2 Å². The molecular formula is C19H21ClN2O3. The molecule has 1 fully saturated rings. The summed E-state index contributed by atoms with van der Waals surface area (Å²) >= 11 is 6.10. The van der Waals surface area contributed by atoms with Crippen molar-refractivity contribution in [2.24, 2.45) is 0 Å². The van der Waals surface area contributed by atoms with Crippen molar-refractivity contribution in [2.75, 3.05) is 25.1 Å². The lowest BCUT2D eigenvalue weighted by molar-refractivity contribution is -0.130. The molecule has 0 spiro atoms. The number of amides is 1. The number of nitrogens with zero attached hydrogens (tertiary/aromatic N) is 1. The van der Waals surface area contributed by atoms with Crippen LogP contribution in [0.25, 0.3) is 0 Å². The second-order valence-corrected chi connectivity index (χ2v) is 6.51. The van der Waals surface area contributed by atoms with E-state index in [1.54, 1.807) is 37.4 Å². The summed E-state index contributed by atoms with van der Waals surface area (Å²) in [6, 6.07) is 14.4. The molecule has 2 atom stereocenters. The van der Waals surface area contributed by atoms with Gasteiger partial charge in [-0.25, -0.2) is 0 Å². The summed E-state index contributed by atoms with van der Waals surface area (Å²) in [5, 5.41) is 13.8. The summed E-state index contributed by atoms with van der Waals surface area (Å²) in [7, 11) is 1.62. The lowest BCUT2D eigenvalue weighted by Crippen LogP contribution is -2.39. The third-order valence-electron chi connectivity index (χ3n) is 4.38. The van der Waals surface area contributed by atoms with Crippen LogP contribution in [-0.2, 0) is 4.79 Å². The first-order chi connectivity index (χ1) is 12.1. The molecule has 0 aliphatic carbocycles. The molecule has 3 rings (SSSR count). The van der Waals surface area contributed by atoms with E-state index in [0.717, 1.165) is 24.4 Å². The van der Waals surface area contributed by atoms with E-state index in [9.17, 15) is 9.90 Å². The molecule has 132 valence electrons. The van der Waals surface area contributed by atoms with Gasteiger partial charge in [0.1, 0.15) is 5.75 Å². The maximum Gasteiger partial charge on any atom is 0.253 e. The molecule has 2 aromatic rings. The number of aliphatic hydroxyl groups is 1. The molecule has 2 N–H and O–H groups in total. The van der Waals surface area contributed by atoms with Crippen molar-refractivity contribution in [1.82, 2.24) is 5.32 Å². The number of hydrogen-bond donors (Lipinski definition) is 2. The smallest absolute Gasteiger partial charge is 0.253 e. The molecule has 1 saturated heterocycles. The summed E-state index contributed by atoms with van der Waals surface area (Å²) in [6.45, 7) is 1.42. The molecule has 6 heteroatoms. The fraction of sp³-hybridized carbons (Fsp3) is 0.316. The molecule has 5 nitrogen and oxygen atoms in total. The molecule has 25 heavy (non-hydrogen) atoms. The van der Waals surface area contributed by atoms with Crippen molar-refractivity contribution in [3.8, 4) is 5.75 Å². The highest BCUT2D eigenvalue weighted by molar-refractivity contribution is 6.30. The van der Waals surface area contributed by atoms with Gasteiger partial charge < -0.3 is 20.1 Å². The first-order valence-electron chi connectivity index (χ1n) is 8.20. The summed E-state index contributed by atoms with van der Waals surface area (Å²) in [6.07, 6.45) is -0.362. The van der Waals surface area contributed by atoms with E-state index in [0.29, 0.717) is 17.1 Å². The molecule has 0 saturated carbocycles. The highest BCUT2D eigenvalue weighted by Crippen LogP contribution is 2.33. The van der Waals surface area contributed by atoms with Gasteiger partial charge in [0.05, 0.1) is 12.8 Å². The Morgan fingerprint density at radius 3 is 2.80 bits per heavy atom. The number of carbonyl (C=O) groups excluding carboxylic acids is 1. The molecule has 1 aliphatic heterocycles. The van der Waals surface area contributed by atoms with E-state index < -0.39 is 6.10 Å². The maximum atomic E-state index is 12.3. The molecule has 1 unspecified atom stereocenters. The minimum atomic E-state index is -1.16. The first-order valence-corrected chi connectivity index (χ1v) is 8.58. The predicted octanol–water partition coefficient (Wildman–Crippen LogP) is 2.78. The third kappa shape index (κ3) is 4.06. The van der Waals surface area contributed by atoms with Crippen LogP contribution < -0.4 is 15.0 Å².